The molecule has 0 aliphatic carbocycles. The van der Waals surface area contributed by atoms with E-state index in [1.165, 1.54) is 13.2 Å². The van der Waals surface area contributed by atoms with E-state index in [1.54, 1.807) is 30.3 Å². The van der Waals surface area contributed by atoms with E-state index >= 15 is 0 Å². The highest BCUT2D eigenvalue weighted by atomic mass is 35.5. The Morgan fingerprint density at radius 3 is 2.65 bits per heavy atom. The number of halogens is 2. The average molecular weight is 252 g/mol. The molecule has 2 N–H and O–H groups in total. The smallest absolute Gasteiger partial charge is 0.134 e. The molecule has 0 heterocycles. The third-order valence-corrected chi connectivity index (χ3v) is 2.62. The first-order chi connectivity index (χ1) is 8.11. The summed E-state index contributed by atoms with van der Waals surface area (Å²) in [7, 11) is 1.49. The number of nitrogen functional groups attached to an aromatic ring is 1. The zero-order valence-electron chi connectivity index (χ0n) is 9.21. The van der Waals surface area contributed by atoms with Crippen LogP contribution in [0.15, 0.2) is 36.4 Å². The van der Waals surface area contributed by atoms with Gasteiger partial charge in [-0.2, -0.15) is 0 Å². The summed E-state index contributed by atoms with van der Waals surface area (Å²) in [4.78, 5) is 0. The molecule has 0 unspecified atom stereocenters. The zero-order valence-corrected chi connectivity index (χ0v) is 9.96. The van der Waals surface area contributed by atoms with Gasteiger partial charge in [-0.15, -0.1) is 0 Å². The Morgan fingerprint density at radius 2 is 2.00 bits per heavy atom. The number of benzene rings is 2. The predicted octanol–water partition coefficient (Wildman–Crippen LogP) is 3.74. The molecule has 2 aromatic carbocycles. The monoisotopic (exact) mass is 251 g/mol. The molecule has 0 atom stereocenters. The fourth-order valence-electron chi connectivity index (χ4n) is 1.71. The molecule has 0 amide bonds. The summed E-state index contributed by atoms with van der Waals surface area (Å²) in [5, 5.41) is 0.463. The molecule has 2 rings (SSSR count). The average Bonchev–Trinajstić information content (AvgIpc) is 2.27. The number of hydrogen-bond donors (Lipinski definition) is 1. The summed E-state index contributed by atoms with van der Waals surface area (Å²) < 4.78 is 19.0. The molecule has 0 saturated heterocycles. The summed E-state index contributed by atoms with van der Waals surface area (Å²) in [6.07, 6.45) is 0. The maximum absolute atomic E-state index is 13.8. The van der Waals surface area contributed by atoms with Crippen LogP contribution in [0.25, 0.3) is 11.1 Å². The van der Waals surface area contributed by atoms with Gasteiger partial charge < -0.3 is 10.5 Å². The van der Waals surface area contributed by atoms with Crippen LogP contribution < -0.4 is 10.5 Å². The molecule has 88 valence electrons. The number of anilines is 1. The molecule has 0 fully saturated rings. The quantitative estimate of drug-likeness (QED) is 0.826. The van der Waals surface area contributed by atoms with Gasteiger partial charge in [0.15, 0.2) is 0 Å². The highest BCUT2D eigenvalue weighted by Gasteiger charge is 2.12. The summed E-state index contributed by atoms with van der Waals surface area (Å²) in [5.74, 6) is 0.0812. The van der Waals surface area contributed by atoms with Gasteiger partial charge in [-0.05, 0) is 35.9 Å². The van der Waals surface area contributed by atoms with E-state index in [0.29, 0.717) is 27.6 Å². The van der Waals surface area contributed by atoms with Crippen LogP contribution in [0, 0.1) is 5.82 Å². The highest BCUT2D eigenvalue weighted by molar-refractivity contribution is 6.31. The van der Waals surface area contributed by atoms with Crippen LogP contribution in [0.2, 0.25) is 5.02 Å². The van der Waals surface area contributed by atoms with Crippen LogP contribution in [0.5, 0.6) is 5.75 Å². The summed E-state index contributed by atoms with van der Waals surface area (Å²) >= 11 is 5.90. The van der Waals surface area contributed by atoms with Crippen molar-refractivity contribution in [3.8, 4) is 16.9 Å². The molecule has 0 bridgehead atoms. The van der Waals surface area contributed by atoms with E-state index in [1.807, 2.05) is 0 Å². The molecule has 0 aromatic heterocycles. The van der Waals surface area contributed by atoms with E-state index in [4.69, 9.17) is 22.1 Å². The number of methoxy groups -OCH3 is 1. The molecular weight excluding hydrogens is 241 g/mol. The Morgan fingerprint density at radius 1 is 1.24 bits per heavy atom. The fraction of sp³-hybridized carbons (Fsp3) is 0.0769. The lowest BCUT2D eigenvalue weighted by molar-refractivity contribution is 0.413. The minimum atomic E-state index is -0.369. The second kappa shape index (κ2) is 4.63. The minimum absolute atomic E-state index is 0.365. The molecule has 2 nitrogen and oxygen atoms in total. The van der Waals surface area contributed by atoms with Crippen molar-refractivity contribution < 1.29 is 9.13 Å². The molecule has 4 heteroatoms. The van der Waals surface area contributed by atoms with Gasteiger partial charge >= 0.3 is 0 Å². The first-order valence-corrected chi connectivity index (χ1v) is 5.38. The van der Waals surface area contributed by atoms with Crippen LogP contribution in [-0.2, 0) is 0 Å². The number of rotatable bonds is 2. The van der Waals surface area contributed by atoms with Crippen LogP contribution >= 0.6 is 11.6 Å². The van der Waals surface area contributed by atoms with Gasteiger partial charge in [0, 0.05) is 10.7 Å². The molecule has 17 heavy (non-hydrogen) atoms. The van der Waals surface area contributed by atoms with Crippen molar-refractivity contribution in [2.24, 2.45) is 0 Å². The third-order valence-electron chi connectivity index (χ3n) is 2.40. The van der Waals surface area contributed by atoms with Gasteiger partial charge in [-0.3, -0.25) is 0 Å². The molecule has 0 saturated carbocycles. The van der Waals surface area contributed by atoms with Gasteiger partial charge in [0.25, 0.3) is 0 Å². The van der Waals surface area contributed by atoms with Crippen LogP contribution in [0.1, 0.15) is 0 Å². The van der Waals surface area contributed by atoms with Crippen LogP contribution in [-0.4, -0.2) is 7.11 Å². The number of ether oxygens (including phenoxy) is 1. The topological polar surface area (TPSA) is 35.2 Å². The molecule has 2 aromatic rings. The van der Waals surface area contributed by atoms with Crippen molar-refractivity contribution in [1.29, 1.82) is 0 Å². The maximum atomic E-state index is 13.8. The predicted molar refractivity (Wildman–Crippen MR) is 67.8 cm³/mol. The van der Waals surface area contributed by atoms with Crippen molar-refractivity contribution >= 4 is 17.3 Å². The van der Waals surface area contributed by atoms with Gasteiger partial charge in [0.1, 0.15) is 11.6 Å². The molecule has 0 spiro atoms. The van der Waals surface area contributed by atoms with Gasteiger partial charge in [0.05, 0.1) is 12.7 Å². The van der Waals surface area contributed by atoms with Gasteiger partial charge in [-0.1, -0.05) is 17.7 Å². The Balaban J connectivity index is 2.67. The summed E-state index contributed by atoms with van der Waals surface area (Å²) in [5.41, 5.74) is 7.14. The molecule has 0 radical (unpaired) electrons. The Labute approximate surface area is 104 Å². The first-order valence-electron chi connectivity index (χ1n) is 5.01. The summed E-state index contributed by atoms with van der Waals surface area (Å²) in [6, 6.07) is 9.57. The third kappa shape index (κ3) is 2.34. The lowest BCUT2D eigenvalue weighted by Crippen LogP contribution is -1.93. The largest absolute Gasteiger partial charge is 0.496 e. The summed E-state index contributed by atoms with van der Waals surface area (Å²) in [6.45, 7) is 0. The zero-order chi connectivity index (χ0) is 12.4. The van der Waals surface area contributed by atoms with Crippen molar-refractivity contribution in [1.82, 2.24) is 0 Å². The Hall–Kier alpha value is -1.74. The molecular formula is C13H11ClFNO. The van der Waals surface area contributed by atoms with Crippen molar-refractivity contribution in [2.75, 3.05) is 12.8 Å². The van der Waals surface area contributed by atoms with Crippen molar-refractivity contribution in [2.45, 2.75) is 0 Å². The number of hydrogen-bond acceptors (Lipinski definition) is 2. The molecule has 0 aliphatic rings. The van der Waals surface area contributed by atoms with E-state index in [9.17, 15) is 4.39 Å². The maximum Gasteiger partial charge on any atom is 0.134 e. The van der Waals surface area contributed by atoms with E-state index in [2.05, 4.69) is 0 Å². The molecule has 0 aliphatic heterocycles. The lowest BCUT2D eigenvalue weighted by atomic mass is 10.0. The van der Waals surface area contributed by atoms with Gasteiger partial charge in [0.2, 0.25) is 0 Å². The minimum Gasteiger partial charge on any atom is -0.496 e. The van der Waals surface area contributed by atoms with Crippen molar-refractivity contribution in [3.05, 3.63) is 47.2 Å². The van der Waals surface area contributed by atoms with Gasteiger partial charge in [-0.25, -0.2) is 4.39 Å². The standard InChI is InChI=1S/C13H11ClFNO/c1-17-12-4-2-3-11(15)13(12)8-5-9(14)7-10(16)6-8/h2-7H,16H2,1H3. The number of nitrogens with two attached hydrogens (primary N) is 1. The second-order valence-electron chi connectivity index (χ2n) is 3.59. The lowest BCUT2D eigenvalue weighted by Gasteiger charge is -2.10. The van der Waals surface area contributed by atoms with Crippen molar-refractivity contribution in [3.63, 3.8) is 0 Å². The SMILES string of the molecule is COc1cccc(F)c1-c1cc(N)cc(Cl)c1. The van der Waals surface area contributed by atoms with E-state index < -0.39 is 0 Å². The first kappa shape index (κ1) is 11.7. The fourth-order valence-corrected chi connectivity index (χ4v) is 1.95. The Bertz CT molecular complexity index is 537. The highest BCUT2D eigenvalue weighted by Crippen LogP contribution is 2.34. The van der Waals surface area contributed by atoms with E-state index in [-0.39, 0.29) is 5.82 Å². The van der Waals surface area contributed by atoms with E-state index in [0.717, 1.165) is 0 Å². The Kier molecular flexibility index (Phi) is 3.20. The van der Waals surface area contributed by atoms with Crippen LogP contribution in [0.4, 0.5) is 10.1 Å². The normalized spacial score (nSPS) is 10.3. The van der Waals surface area contributed by atoms with Crippen LogP contribution in [0.3, 0.4) is 0 Å². The second-order valence-corrected chi connectivity index (χ2v) is 4.03.